The molecule has 1 aliphatic rings. The first-order valence-corrected chi connectivity index (χ1v) is 6.78. The van der Waals surface area contributed by atoms with Crippen LogP contribution in [0.3, 0.4) is 0 Å². The van der Waals surface area contributed by atoms with Gasteiger partial charge in [0.25, 0.3) is 0 Å². The van der Waals surface area contributed by atoms with Gasteiger partial charge >= 0.3 is 0 Å². The number of likely N-dealkylation sites (tertiary alicyclic amines) is 1. The maximum absolute atomic E-state index is 9.49. The van der Waals surface area contributed by atoms with E-state index >= 15 is 0 Å². The van der Waals surface area contributed by atoms with Gasteiger partial charge in [0.15, 0.2) is 5.11 Å². The summed E-state index contributed by atoms with van der Waals surface area (Å²) in [6.07, 6.45) is 1.44. The predicted octanol–water partition coefficient (Wildman–Crippen LogP) is 2.46. The number of benzene rings is 1. The van der Waals surface area contributed by atoms with Gasteiger partial charge < -0.3 is 15.3 Å². The molecule has 4 heteroatoms. The summed E-state index contributed by atoms with van der Waals surface area (Å²) in [5, 5.41) is 13.6. The Balaban J connectivity index is 2.00. The molecule has 1 aliphatic heterocycles. The third kappa shape index (κ3) is 3.21. The van der Waals surface area contributed by atoms with E-state index in [4.69, 9.17) is 12.2 Å². The van der Waals surface area contributed by atoms with E-state index in [2.05, 4.69) is 42.3 Å². The number of aryl methyl sites for hydroxylation is 2. The van der Waals surface area contributed by atoms with Gasteiger partial charge in [-0.3, -0.25) is 0 Å². The van der Waals surface area contributed by atoms with Crippen molar-refractivity contribution in [1.29, 1.82) is 0 Å². The van der Waals surface area contributed by atoms with Crippen molar-refractivity contribution in [3.63, 3.8) is 0 Å². The number of rotatable bonds is 1. The van der Waals surface area contributed by atoms with Crippen LogP contribution in [0.15, 0.2) is 18.2 Å². The lowest BCUT2D eigenvalue weighted by molar-refractivity contribution is 0.110. The largest absolute Gasteiger partial charge is 0.393 e. The Kier molecular flexibility index (Phi) is 4.19. The maximum Gasteiger partial charge on any atom is 0.173 e. The van der Waals surface area contributed by atoms with Crippen LogP contribution < -0.4 is 5.32 Å². The van der Waals surface area contributed by atoms with Crippen LogP contribution in [0.2, 0.25) is 0 Å². The molecule has 0 aliphatic carbocycles. The molecule has 18 heavy (non-hydrogen) atoms. The van der Waals surface area contributed by atoms with Gasteiger partial charge in [0, 0.05) is 18.8 Å². The Morgan fingerprint density at radius 3 is 2.67 bits per heavy atom. The highest BCUT2D eigenvalue weighted by atomic mass is 32.1. The molecular weight excluding hydrogens is 244 g/mol. The molecule has 2 N–H and O–H groups in total. The summed E-state index contributed by atoms with van der Waals surface area (Å²) in [6.45, 7) is 5.81. The first kappa shape index (κ1) is 13.3. The van der Waals surface area contributed by atoms with Crippen molar-refractivity contribution < 1.29 is 5.11 Å². The fourth-order valence-corrected chi connectivity index (χ4v) is 2.43. The minimum Gasteiger partial charge on any atom is -0.393 e. The van der Waals surface area contributed by atoms with Crippen LogP contribution in [-0.4, -0.2) is 34.3 Å². The molecule has 3 nitrogen and oxygen atoms in total. The van der Waals surface area contributed by atoms with Gasteiger partial charge in [0.2, 0.25) is 0 Å². The van der Waals surface area contributed by atoms with Crippen molar-refractivity contribution in [3.8, 4) is 0 Å². The van der Waals surface area contributed by atoms with Gasteiger partial charge in [0.05, 0.1) is 6.10 Å². The lowest BCUT2D eigenvalue weighted by Gasteiger charge is -2.32. The van der Waals surface area contributed by atoms with E-state index in [1.165, 1.54) is 11.1 Å². The molecule has 0 radical (unpaired) electrons. The summed E-state index contributed by atoms with van der Waals surface area (Å²) < 4.78 is 0. The molecule has 0 atom stereocenters. The molecule has 2 rings (SSSR count). The van der Waals surface area contributed by atoms with Crippen LogP contribution >= 0.6 is 12.2 Å². The third-order valence-electron chi connectivity index (χ3n) is 3.39. The smallest absolute Gasteiger partial charge is 0.173 e. The van der Waals surface area contributed by atoms with Crippen molar-refractivity contribution in [2.45, 2.75) is 32.8 Å². The highest BCUT2D eigenvalue weighted by Crippen LogP contribution is 2.18. The van der Waals surface area contributed by atoms with Crippen LogP contribution in [0.1, 0.15) is 24.0 Å². The normalized spacial score (nSPS) is 16.7. The minimum atomic E-state index is -0.162. The summed E-state index contributed by atoms with van der Waals surface area (Å²) in [7, 11) is 0. The average molecular weight is 264 g/mol. The van der Waals surface area contributed by atoms with E-state index < -0.39 is 0 Å². The molecule has 1 aromatic carbocycles. The molecule has 1 saturated heterocycles. The Morgan fingerprint density at radius 2 is 2.00 bits per heavy atom. The summed E-state index contributed by atoms with van der Waals surface area (Å²) in [6, 6.07) is 6.31. The Hall–Kier alpha value is -1.13. The summed E-state index contributed by atoms with van der Waals surface area (Å²) >= 11 is 5.43. The molecule has 1 fully saturated rings. The van der Waals surface area contributed by atoms with E-state index in [-0.39, 0.29) is 6.10 Å². The van der Waals surface area contributed by atoms with Crippen LogP contribution in [0.5, 0.6) is 0 Å². The van der Waals surface area contributed by atoms with Crippen molar-refractivity contribution in [2.24, 2.45) is 0 Å². The third-order valence-corrected chi connectivity index (χ3v) is 3.75. The molecule has 98 valence electrons. The summed E-state index contributed by atoms with van der Waals surface area (Å²) in [5.74, 6) is 0. The fourth-order valence-electron chi connectivity index (χ4n) is 2.13. The van der Waals surface area contributed by atoms with Crippen LogP contribution in [0.25, 0.3) is 0 Å². The van der Waals surface area contributed by atoms with Gasteiger partial charge in [-0.2, -0.15) is 0 Å². The highest BCUT2D eigenvalue weighted by molar-refractivity contribution is 7.80. The molecule has 1 heterocycles. The Labute approximate surface area is 114 Å². The van der Waals surface area contributed by atoms with E-state index in [0.29, 0.717) is 0 Å². The van der Waals surface area contributed by atoms with Gasteiger partial charge in [-0.15, -0.1) is 0 Å². The quantitative estimate of drug-likeness (QED) is 0.764. The first-order valence-electron chi connectivity index (χ1n) is 6.37. The van der Waals surface area contributed by atoms with E-state index in [1.807, 2.05) is 0 Å². The second kappa shape index (κ2) is 5.67. The second-order valence-corrected chi connectivity index (χ2v) is 5.35. The van der Waals surface area contributed by atoms with Gasteiger partial charge in [-0.25, -0.2) is 0 Å². The van der Waals surface area contributed by atoms with Gasteiger partial charge in [-0.1, -0.05) is 12.1 Å². The topological polar surface area (TPSA) is 35.5 Å². The molecular formula is C14H20N2OS. The maximum atomic E-state index is 9.49. The number of hydrogen-bond acceptors (Lipinski definition) is 2. The van der Waals surface area contributed by atoms with E-state index in [0.717, 1.165) is 36.7 Å². The number of thiocarbonyl (C=S) groups is 1. The lowest BCUT2D eigenvalue weighted by atomic mass is 10.1. The SMILES string of the molecule is Cc1ccc(C)c(NC(=S)N2CCC(O)CC2)c1. The summed E-state index contributed by atoms with van der Waals surface area (Å²) in [4.78, 5) is 2.13. The molecule has 0 unspecified atom stereocenters. The monoisotopic (exact) mass is 264 g/mol. The Bertz CT molecular complexity index is 439. The average Bonchev–Trinajstić information content (AvgIpc) is 2.34. The standard InChI is InChI=1S/C14H20N2OS/c1-10-3-4-11(2)13(9-10)15-14(18)16-7-5-12(17)6-8-16/h3-4,9,12,17H,5-8H2,1-2H3,(H,15,18). The molecule has 0 saturated carbocycles. The zero-order chi connectivity index (χ0) is 13.1. The predicted molar refractivity (Wildman–Crippen MR) is 79.0 cm³/mol. The number of nitrogens with one attached hydrogen (secondary N) is 1. The van der Waals surface area contributed by atoms with Gasteiger partial charge in [0.1, 0.15) is 0 Å². The highest BCUT2D eigenvalue weighted by Gasteiger charge is 2.19. The second-order valence-electron chi connectivity index (χ2n) is 4.97. The molecule has 0 amide bonds. The van der Waals surface area contributed by atoms with E-state index in [9.17, 15) is 5.11 Å². The van der Waals surface area contributed by atoms with Crippen molar-refractivity contribution in [3.05, 3.63) is 29.3 Å². The number of piperidine rings is 1. The Morgan fingerprint density at radius 1 is 1.33 bits per heavy atom. The van der Waals surface area contributed by atoms with Crippen molar-refractivity contribution in [2.75, 3.05) is 18.4 Å². The zero-order valence-electron chi connectivity index (χ0n) is 10.9. The number of nitrogens with zero attached hydrogens (tertiary/aromatic N) is 1. The van der Waals surface area contributed by atoms with E-state index in [1.54, 1.807) is 0 Å². The number of aliphatic hydroxyl groups is 1. The van der Waals surface area contributed by atoms with Crippen molar-refractivity contribution >= 4 is 23.0 Å². The summed E-state index contributed by atoms with van der Waals surface area (Å²) in [5.41, 5.74) is 3.49. The fraction of sp³-hybridized carbons (Fsp3) is 0.500. The number of anilines is 1. The van der Waals surface area contributed by atoms with Crippen LogP contribution in [0, 0.1) is 13.8 Å². The molecule has 0 spiro atoms. The van der Waals surface area contributed by atoms with Gasteiger partial charge in [-0.05, 0) is 56.1 Å². The molecule has 0 bridgehead atoms. The number of aliphatic hydroxyl groups excluding tert-OH is 1. The van der Waals surface area contributed by atoms with Crippen LogP contribution in [0.4, 0.5) is 5.69 Å². The zero-order valence-corrected chi connectivity index (χ0v) is 11.8. The minimum absolute atomic E-state index is 0.162. The molecule has 1 aromatic rings. The number of hydrogen-bond donors (Lipinski definition) is 2. The van der Waals surface area contributed by atoms with Crippen LogP contribution in [-0.2, 0) is 0 Å². The first-order chi connectivity index (χ1) is 8.56. The lowest BCUT2D eigenvalue weighted by Crippen LogP contribution is -2.42. The van der Waals surface area contributed by atoms with Crippen molar-refractivity contribution in [1.82, 2.24) is 4.90 Å². The molecule has 0 aromatic heterocycles.